The number of esters is 1. The third kappa shape index (κ3) is 7.56. The first kappa shape index (κ1) is 21.0. The second-order valence-electron chi connectivity index (χ2n) is 7.51. The van der Waals surface area contributed by atoms with E-state index in [0.29, 0.717) is 0 Å². The van der Waals surface area contributed by atoms with Crippen molar-refractivity contribution in [3.8, 4) is 6.07 Å². The molecule has 0 fully saturated rings. The van der Waals surface area contributed by atoms with Crippen LogP contribution >= 0.6 is 0 Å². The van der Waals surface area contributed by atoms with E-state index in [0.717, 1.165) is 18.4 Å². The van der Waals surface area contributed by atoms with Crippen LogP contribution in [0.25, 0.3) is 0 Å². The molecule has 0 aromatic carbocycles. The van der Waals surface area contributed by atoms with Crippen LogP contribution in [0.2, 0.25) is 0 Å². The van der Waals surface area contributed by atoms with Gasteiger partial charge in [0, 0.05) is 0 Å². The van der Waals surface area contributed by atoms with Crippen LogP contribution in [-0.2, 0) is 9.53 Å². The van der Waals surface area contributed by atoms with Crippen molar-refractivity contribution in [2.75, 3.05) is 6.61 Å². The van der Waals surface area contributed by atoms with E-state index in [4.69, 9.17) is 10.00 Å². The molecular weight excluding hydrogens is 310 g/mol. The Labute approximate surface area is 152 Å². The number of nitriles is 1. The maximum Gasteiger partial charge on any atom is 0.411 e. The van der Waals surface area contributed by atoms with Gasteiger partial charge < -0.3 is 4.74 Å². The monoisotopic (exact) mass is 341 g/mol. The molecule has 3 heteroatoms. The highest BCUT2D eigenvalue weighted by atomic mass is 16.5. The Morgan fingerprint density at radius 2 is 2.04 bits per heavy atom. The molecule has 0 radical (unpaired) electrons. The number of hydrogen-bond donors (Lipinski definition) is 0. The quantitative estimate of drug-likeness (QED) is 0.254. The van der Waals surface area contributed by atoms with Crippen molar-refractivity contribution >= 4 is 5.97 Å². The van der Waals surface area contributed by atoms with E-state index >= 15 is 0 Å². The van der Waals surface area contributed by atoms with Gasteiger partial charge in [-0.2, -0.15) is 5.26 Å². The summed E-state index contributed by atoms with van der Waals surface area (Å²) in [4.78, 5) is 10.7. The van der Waals surface area contributed by atoms with Crippen molar-refractivity contribution in [2.24, 2.45) is 5.41 Å². The third-order valence-electron chi connectivity index (χ3n) is 4.80. The maximum absolute atomic E-state index is 10.7. The molecule has 0 aromatic heterocycles. The van der Waals surface area contributed by atoms with Crippen molar-refractivity contribution in [1.82, 2.24) is 0 Å². The summed E-state index contributed by atoms with van der Waals surface area (Å²) in [5.41, 5.74) is 5.71. The summed E-state index contributed by atoms with van der Waals surface area (Å²) in [6.45, 7) is 11.2. The molecule has 0 unspecified atom stereocenters. The molecule has 0 saturated carbocycles. The molecule has 1 aliphatic carbocycles. The predicted octanol–water partition coefficient (Wildman–Crippen LogP) is 5.81. The fourth-order valence-electron chi connectivity index (χ4n) is 3.21. The molecule has 3 nitrogen and oxygen atoms in total. The zero-order valence-corrected chi connectivity index (χ0v) is 16.3. The molecule has 0 bridgehead atoms. The van der Waals surface area contributed by atoms with Crippen LogP contribution in [0.15, 0.2) is 46.6 Å². The number of ether oxygens (including phenoxy) is 1. The van der Waals surface area contributed by atoms with Crippen LogP contribution in [0.1, 0.15) is 66.7 Å². The first-order chi connectivity index (χ1) is 11.8. The topological polar surface area (TPSA) is 50.1 Å². The van der Waals surface area contributed by atoms with Gasteiger partial charge in [0.25, 0.3) is 0 Å². The van der Waals surface area contributed by atoms with Crippen LogP contribution in [0, 0.1) is 16.7 Å². The normalized spacial score (nSPS) is 18.4. The highest BCUT2D eigenvalue weighted by molar-refractivity contribution is 5.85. The van der Waals surface area contributed by atoms with Crippen LogP contribution in [0.3, 0.4) is 0 Å². The Morgan fingerprint density at radius 3 is 2.68 bits per heavy atom. The molecule has 0 amide bonds. The fourth-order valence-corrected chi connectivity index (χ4v) is 3.21. The molecule has 0 heterocycles. The average Bonchev–Trinajstić information content (AvgIpc) is 2.53. The molecule has 0 saturated heterocycles. The van der Waals surface area contributed by atoms with E-state index in [1.54, 1.807) is 0 Å². The van der Waals surface area contributed by atoms with Crippen LogP contribution in [0.5, 0.6) is 0 Å². The molecule has 0 aromatic rings. The number of rotatable bonds is 7. The zero-order valence-electron chi connectivity index (χ0n) is 16.3. The third-order valence-corrected chi connectivity index (χ3v) is 4.80. The van der Waals surface area contributed by atoms with E-state index in [-0.39, 0.29) is 12.0 Å². The lowest BCUT2D eigenvalue weighted by Crippen LogP contribution is -2.19. The van der Waals surface area contributed by atoms with Gasteiger partial charge >= 0.3 is 5.97 Å². The summed E-state index contributed by atoms with van der Waals surface area (Å²) in [5, 5.41) is 8.33. The van der Waals surface area contributed by atoms with Gasteiger partial charge in [-0.25, -0.2) is 4.79 Å². The molecular formula is C22H31NO2. The minimum absolute atomic E-state index is 0.170. The minimum atomic E-state index is -0.833. The second kappa shape index (κ2) is 10.0. The molecule has 0 N–H and O–H groups in total. The van der Waals surface area contributed by atoms with E-state index in [9.17, 15) is 4.79 Å². The lowest BCUT2D eigenvalue weighted by Gasteiger charge is -2.32. The average molecular weight is 341 g/mol. The van der Waals surface area contributed by atoms with Crippen LogP contribution < -0.4 is 0 Å². The van der Waals surface area contributed by atoms with Gasteiger partial charge in [-0.1, -0.05) is 48.8 Å². The predicted molar refractivity (Wildman–Crippen MR) is 103 cm³/mol. The van der Waals surface area contributed by atoms with Crippen LogP contribution in [0.4, 0.5) is 0 Å². The Kier molecular flexibility index (Phi) is 8.41. The fraction of sp³-hybridized carbons (Fsp3) is 0.545. The Balaban J connectivity index is 2.52. The number of carbonyl (C=O) groups excluding carboxylic acids is 1. The Hall–Kier alpha value is -2.08. The van der Waals surface area contributed by atoms with Gasteiger partial charge in [-0.15, -0.1) is 0 Å². The van der Waals surface area contributed by atoms with E-state index in [2.05, 4.69) is 45.9 Å². The molecule has 136 valence electrons. The number of carbonyl (C=O) groups is 1. The summed E-state index contributed by atoms with van der Waals surface area (Å²) in [6, 6.07) is 1.44. The number of hydrogen-bond acceptors (Lipinski definition) is 3. The standard InChI is InChI=1S/C22H31NO2/c1-17(8-6-9-18(2)13-15-25-21(24)16-23)11-12-20-19(3)10-7-14-22(20,4)5/h8,11-13H,6-7,9-10,14-15H2,1-5H3/b12-11+,17-8+,18-13+. The van der Waals surface area contributed by atoms with E-state index < -0.39 is 5.97 Å². The lowest BCUT2D eigenvalue weighted by molar-refractivity contribution is -0.135. The summed E-state index contributed by atoms with van der Waals surface area (Å²) < 4.78 is 4.72. The van der Waals surface area contributed by atoms with Gasteiger partial charge in [0.2, 0.25) is 0 Å². The molecule has 25 heavy (non-hydrogen) atoms. The van der Waals surface area contributed by atoms with Crippen molar-refractivity contribution in [3.05, 3.63) is 46.6 Å². The highest BCUT2D eigenvalue weighted by Gasteiger charge is 2.26. The molecule has 0 aliphatic heterocycles. The first-order valence-corrected chi connectivity index (χ1v) is 9.04. The highest BCUT2D eigenvalue weighted by Crippen LogP contribution is 2.40. The van der Waals surface area contributed by atoms with E-state index in [1.807, 2.05) is 13.0 Å². The minimum Gasteiger partial charge on any atom is -0.450 e. The molecule has 1 aliphatic rings. The Morgan fingerprint density at radius 1 is 1.32 bits per heavy atom. The molecule has 0 atom stereocenters. The molecule has 0 spiro atoms. The van der Waals surface area contributed by atoms with Crippen molar-refractivity contribution < 1.29 is 9.53 Å². The van der Waals surface area contributed by atoms with Gasteiger partial charge in [0.05, 0.1) is 0 Å². The number of allylic oxidation sites excluding steroid dienone is 7. The second-order valence-corrected chi connectivity index (χ2v) is 7.51. The molecule has 1 rings (SSSR count). The SMILES string of the molecule is CC1=C(/C=C/C(C)=C/CC/C(C)=C/COC(=O)C#N)C(C)(C)CCC1. The van der Waals surface area contributed by atoms with E-state index in [1.165, 1.54) is 42.1 Å². The van der Waals surface area contributed by atoms with Crippen molar-refractivity contribution in [2.45, 2.75) is 66.7 Å². The summed E-state index contributed by atoms with van der Waals surface area (Å²) in [6.07, 6.45) is 14.2. The number of nitrogens with zero attached hydrogens (tertiary/aromatic N) is 1. The maximum atomic E-state index is 10.7. The first-order valence-electron chi connectivity index (χ1n) is 9.04. The van der Waals surface area contributed by atoms with Gasteiger partial charge in [0.1, 0.15) is 6.61 Å². The summed E-state index contributed by atoms with van der Waals surface area (Å²) in [5.74, 6) is -0.833. The largest absolute Gasteiger partial charge is 0.450 e. The van der Waals surface area contributed by atoms with Gasteiger partial charge in [-0.3, -0.25) is 0 Å². The Bertz CT molecular complexity index is 639. The summed E-state index contributed by atoms with van der Waals surface area (Å²) in [7, 11) is 0. The smallest absolute Gasteiger partial charge is 0.411 e. The van der Waals surface area contributed by atoms with Crippen molar-refractivity contribution in [1.29, 1.82) is 5.26 Å². The summed E-state index contributed by atoms with van der Waals surface area (Å²) >= 11 is 0. The zero-order chi connectivity index (χ0) is 18.9. The van der Waals surface area contributed by atoms with Crippen molar-refractivity contribution in [3.63, 3.8) is 0 Å². The van der Waals surface area contributed by atoms with Crippen LogP contribution in [-0.4, -0.2) is 12.6 Å². The van der Waals surface area contributed by atoms with Gasteiger partial charge in [-0.05, 0) is 69.9 Å². The van der Waals surface area contributed by atoms with Gasteiger partial charge in [0.15, 0.2) is 6.07 Å². The lowest BCUT2D eigenvalue weighted by atomic mass is 9.72.